The molecule has 232 valence electrons. The number of nitrogens with zero attached hydrogens (tertiary/aromatic N) is 3. The van der Waals surface area contributed by atoms with E-state index in [1.54, 1.807) is 0 Å². The van der Waals surface area contributed by atoms with Gasteiger partial charge in [0, 0.05) is 38.7 Å². The summed E-state index contributed by atoms with van der Waals surface area (Å²) in [6, 6.07) is 48.4. The average Bonchev–Trinajstić information content (AvgIpc) is 3.67. The zero-order valence-electron chi connectivity index (χ0n) is 27.4. The maximum absolute atomic E-state index is 5.25. The van der Waals surface area contributed by atoms with Gasteiger partial charge in [0.25, 0.3) is 0 Å². The van der Waals surface area contributed by atoms with Crippen molar-refractivity contribution < 1.29 is 0 Å². The summed E-state index contributed by atoms with van der Waals surface area (Å²) in [6.07, 6.45) is 7.97. The molecule has 3 heteroatoms. The molecule has 3 heterocycles. The summed E-state index contributed by atoms with van der Waals surface area (Å²) in [6.45, 7) is 4.54. The summed E-state index contributed by atoms with van der Waals surface area (Å²) in [5, 5.41) is 3.91. The second-order valence-electron chi connectivity index (χ2n) is 13.0. The summed E-state index contributed by atoms with van der Waals surface area (Å²) in [7, 11) is 0. The third-order valence-corrected chi connectivity index (χ3v) is 10.2. The minimum Gasteiger partial charge on any atom is -0.307 e. The first-order valence-corrected chi connectivity index (χ1v) is 17.2. The molecule has 0 radical (unpaired) electrons. The standard InChI is InChI=1S/C45H37N3/c1-3-30-20-24-42-38(26-30)36-22-23-37-39-27-31(4-2)21-25-43(39)48(45(37)44(36)47(42)34-18-12-7-13-19-34)35-28-40(32-14-8-5-9-15-32)46-41(29-35)33-16-10-6-11-17-33/h5-26,28-29,31H,3-4,27H2,1-2H3. The molecule has 48 heavy (non-hydrogen) atoms. The predicted molar refractivity (Wildman–Crippen MR) is 202 cm³/mol. The van der Waals surface area contributed by atoms with E-state index in [4.69, 9.17) is 4.98 Å². The largest absolute Gasteiger partial charge is 0.307 e. The molecule has 0 saturated heterocycles. The van der Waals surface area contributed by atoms with Gasteiger partial charge in [-0.1, -0.05) is 117 Å². The van der Waals surface area contributed by atoms with E-state index in [1.807, 2.05) is 0 Å². The van der Waals surface area contributed by atoms with Gasteiger partial charge in [-0.15, -0.1) is 0 Å². The van der Waals surface area contributed by atoms with E-state index in [-0.39, 0.29) is 0 Å². The van der Waals surface area contributed by atoms with Crippen LogP contribution in [-0.4, -0.2) is 14.1 Å². The van der Waals surface area contributed by atoms with E-state index < -0.39 is 0 Å². The number of fused-ring (bicyclic) bond motifs is 7. The number of rotatable bonds is 6. The van der Waals surface area contributed by atoms with Gasteiger partial charge in [-0.3, -0.25) is 0 Å². The monoisotopic (exact) mass is 619 g/mol. The molecule has 1 aliphatic carbocycles. The first-order valence-electron chi connectivity index (χ1n) is 17.2. The fraction of sp³-hybridized carbons (Fsp3) is 0.133. The topological polar surface area (TPSA) is 22.8 Å². The second-order valence-corrected chi connectivity index (χ2v) is 13.0. The third kappa shape index (κ3) is 4.53. The molecule has 0 fully saturated rings. The lowest BCUT2D eigenvalue weighted by Crippen LogP contribution is -2.08. The zero-order chi connectivity index (χ0) is 32.2. The predicted octanol–water partition coefficient (Wildman–Crippen LogP) is 11.6. The molecule has 0 saturated carbocycles. The molecule has 1 unspecified atom stereocenters. The van der Waals surface area contributed by atoms with Gasteiger partial charge in [0.1, 0.15) is 0 Å². The minimum atomic E-state index is 0.525. The van der Waals surface area contributed by atoms with Crippen LogP contribution in [0.1, 0.15) is 37.1 Å². The number of para-hydroxylation sites is 1. The van der Waals surface area contributed by atoms with Crippen LogP contribution in [0.4, 0.5) is 0 Å². The highest BCUT2D eigenvalue weighted by atomic mass is 15.1. The van der Waals surface area contributed by atoms with E-state index in [0.717, 1.165) is 47.5 Å². The van der Waals surface area contributed by atoms with E-state index >= 15 is 0 Å². The summed E-state index contributed by atoms with van der Waals surface area (Å²) in [5.74, 6) is 0.525. The number of hydrogen-bond donors (Lipinski definition) is 0. The number of hydrogen-bond acceptors (Lipinski definition) is 1. The van der Waals surface area contributed by atoms with Gasteiger partial charge < -0.3 is 9.13 Å². The lowest BCUT2D eigenvalue weighted by molar-refractivity contribution is 0.621. The Kier molecular flexibility index (Phi) is 6.86. The van der Waals surface area contributed by atoms with Crippen molar-refractivity contribution in [3.63, 3.8) is 0 Å². The van der Waals surface area contributed by atoms with Gasteiger partial charge in [-0.05, 0) is 78.8 Å². The van der Waals surface area contributed by atoms with Crippen LogP contribution in [0, 0.1) is 5.92 Å². The molecule has 0 bridgehead atoms. The number of aryl methyl sites for hydroxylation is 1. The molecule has 8 aromatic rings. The zero-order valence-corrected chi connectivity index (χ0v) is 27.4. The van der Waals surface area contributed by atoms with Crippen LogP contribution in [0.3, 0.4) is 0 Å². The third-order valence-electron chi connectivity index (χ3n) is 10.2. The van der Waals surface area contributed by atoms with Crippen molar-refractivity contribution in [2.75, 3.05) is 0 Å². The number of pyridine rings is 1. The molecule has 3 nitrogen and oxygen atoms in total. The Morgan fingerprint density at radius 2 is 1.23 bits per heavy atom. The first-order chi connectivity index (χ1) is 23.7. The van der Waals surface area contributed by atoms with Crippen molar-refractivity contribution >= 4 is 38.8 Å². The van der Waals surface area contributed by atoms with Crippen molar-refractivity contribution in [3.05, 3.63) is 156 Å². The molecule has 1 atom stereocenters. The molecule has 3 aromatic heterocycles. The molecule has 0 N–H and O–H groups in total. The fourth-order valence-electron chi connectivity index (χ4n) is 7.72. The van der Waals surface area contributed by atoms with Crippen LogP contribution in [0.25, 0.3) is 72.7 Å². The highest BCUT2D eigenvalue weighted by molar-refractivity contribution is 6.19. The lowest BCUT2D eigenvalue weighted by atomic mass is 9.90. The summed E-state index contributed by atoms with van der Waals surface area (Å²) in [5.41, 5.74) is 14.2. The van der Waals surface area contributed by atoms with Crippen molar-refractivity contribution in [2.45, 2.75) is 33.1 Å². The summed E-state index contributed by atoms with van der Waals surface area (Å²) < 4.78 is 5.03. The van der Waals surface area contributed by atoms with Crippen molar-refractivity contribution in [1.29, 1.82) is 0 Å². The summed E-state index contributed by atoms with van der Waals surface area (Å²) >= 11 is 0. The highest BCUT2D eigenvalue weighted by Crippen LogP contribution is 2.44. The first kappa shape index (κ1) is 28.5. The Balaban J connectivity index is 1.46. The lowest BCUT2D eigenvalue weighted by Gasteiger charge is -2.18. The Labute approximate surface area is 281 Å². The Hall–Kier alpha value is -5.67. The Bertz CT molecular complexity index is 2420. The fourth-order valence-corrected chi connectivity index (χ4v) is 7.72. The summed E-state index contributed by atoms with van der Waals surface area (Å²) in [4.78, 5) is 5.25. The molecule has 9 rings (SSSR count). The van der Waals surface area contributed by atoms with Gasteiger partial charge in [0.2, 0.25) is 0 Å². The minimum absolute atomic E-state index is 0.525. The molecule has 0 spiro atoms. The molecule has 0 amide bonds. The molecule has 5 aromatic carbocycles. The van der Waals surface area contributed by atoms with Gasteiger partial charge >= 0.3 is 0 Å². The van der Waals surface area contributed by atoms with Crippen molar-refractivity contribution in [3.8, 4) is 33.9 Å². The molecular weight excluding hydrogens is 583 g/mol. The van der Waals surface area contributed by atoms with Crippen LogP contribution in [0.15, 0.2) is 140 Å². The molecule has 0 aliphatic heterocycles. The van der Waals surface area contributed by atoms with E-state index in [0.29, 0.717) is 5.92 Å². The normalized spacial score (nSPS) is 14.2. The van der Waals surface area contributed by atoms with Crippen LogP contribution >= 0.6 is 0 Å². The maximum Gasteiger partial charge on any atom is 0.0788 e. The molecule has 1 aliphatic rings. The van der Waals surface area contributed by atoms with Crippen LogP contribution in [0.5, 0.6) is 0 Å². The number of benzene rings is 5. The van der Waals surface area contributed by atoms with E-state index in [2.05, 4.69) is 169 Å². The maximum atomic E-state index is 5.25. The van der Waals surface area contributed by atoms with Gasteiger partial charge in [-0.2, -0.15) is 0 Å². The second kappa shape index (κ2) is 11.5. The van der Waals surface area contributed by atoms with Gasteiger partial charge in [0.05, 0.1) is 33.6 Å². The van der Waals surface area contributed by atoms with Crippen LogP contribution < -0.4 is 0 Å². The number of aromatic nitrogens is 3. The SMILES string of the molecule is CCc1ccc2c(c1)c1ccc3c4c(n(-c5cc(-c6ccccc6)nc(-c6ccccc6)c5)c3c1n2-c1ccccc1)C=CC(CC)C4. The van der Waals surface area contributed by atoms with Gasteiger partial charge in [-0.25, -0.2) is 4.98 Å². The van der Waals surface area contributed by atoms with Crippen molar-refractivity contribution in [1.82, 2.24) is 14.1 Å². The molecular formula is C45H37N3. The highest BCUT2D eigenvalue weighted by Gasteiger charge is 2.27. The average molecular weight is 620 g/mol. The van der Waals surface area contributed by atoms with E-state index in [1.165, 1.54) is 55.2 Å². The van der Waals surface area contributed by atoms with Crippen LogP contribution in [0.2, 0.25) is 0 Å². The van der Waals surface area contributed by atoms with Crippen molar-refractivity contribution in [2.24, 2.45) is 5.92 Å². The quantitative estimate of drug-likeness (QED) is 0.182. The Morgan fingerprint density at radius 3 is 1.88 bits per heavy atom. The smallest absolute Gasteiger partial charge is 0.0788 e. The number of allylic oxidation sites excluding steroid dienone is 1. The van der Waals surface area contributed by atoms with Gasteiger partial charge in [0.15, 0.2) is 0 Å². The Morgan fingerprint density at radius 1 is 0.604 bits per heavy atom. The van der Waals surface area contributed by atoms with E-state index in [9.17, 15) is 0 Å². The van der Waals surface area contributed by atoms with Crippen LogP contribution in [-0.2, 0) is 12.8 Å².